The van der Waals surface area contributed by atoms with Gasteiger partial charge in [0, 0.05) is 38.9 Å². The summed E-state index contributed by atoms with van der Waals surface area (Å²) in [4.78, 5) is 27.4. The van der Waals surface area contributed by atoms with Crippen molar-refractivity contribution in [2.24, 2.45) is 0 Å². The third-order valence-electron chi connectivity index (χ3n) is 3.54. The van der Waals surface area contributed by atoms with Crippen LogP contribution in [0.5, 0.6) is 0 Å². The number of H-pyrrole nitrogens is 1. The van der Waals surface area contributed by atoms with Crippen LogP contribution in [0.2, 0.25) is 0 Å². The van der Waals surface area contributed by atoms with E-state index in [1.807, 2.05) is 11.8 Å². The van der Waals surface area contributed by atoms with Crippen molar-refractivity contribution in [3.8, 4) is 0 Å². The predicted octanol–water partition coefficient (Wildman–Crippen LogP) is -0.524. The number of hydrogen-bond acceptors (Lipinski definition) is 4. The molecule has 7 heteroatoms. The molecule has 0 aromatic carbocycles. The molecule has 1 aromatic rings. The van der Waals surface area contributed by atoms with Gasteiger partial charge < -0.3 is 10.2 Å². The van der Waals surface area contributed by atoms with Crippen LogP contribution in [0.1, 0.15) is 23.1 Å². The Bertz CT molecular complexity index is 477. The fraction of sp³-hybridized carbons (Fsp3) is 0.615. The molecule has 110 valence electrons. The SMILES string of the molecule is CCc1cc(C(=O)N2CCN(CC(=O)NC)CC2)n[nH]1. The highest BCUT2D eigenvalue weighted by molar-refractivity contribution is 5.92. The molecule has 1 saturated heterocycles. The van der Waals surface area contributed by atoms with Gasteiger partial charge in [0.25, 0.3) is 5.91 Å². The molecular formula is C13H21N5O2. The molecule has 2 heterocycles. The van der Waals surface area contributed by atoms with E-state index in [1.54, 1.807) is 18.0 Å². The van der Waals surface area contributed by atoms with Crippen LogP contribution in [0.15, 0.2) is 6.07 Å². The first kappa shape index (κ1) is 14.5. The average Bonchev–Trinajstić information content (AvgIpc) is 2.96. The zero-order chi connectivity index (χ0) is 14.5. The fourth-order valence-corrected chi connectivity index (χ4v) is 2.21. The van der Waals surface area contributed by atoms with Crippen LogP contribution in [0.3, 0.4) is 0 Å². The Balaban J connectivity index is 1.87. The summed E-state index contributed by atoms with van der Waals surface area (Å²) in [5.74, 6) is -0.0368. The molecule has 2 N–H and O–H groups in total. The smallest absolute Gasteiger partial charge is 0.274 e. The van der Waals surface area contributed by atoms with Crippen LogP contribution >= 0.6 is 0 Å². The zero-order valence-electron chi connectivity index (χ0n) is 12.0. The molecule has 0 atom stereocenters. The number of carbonyl (C=O) groups is 2. The molecule has 0 spiro atoms. The number of likely N-dealkylation sites (N-methyl/N-ethyl adjacent to an activating group) is 1. The predicted molar refractivity (Wildman–Crippen MR) is 74.4 cm³/mol. The number of hydrogen-bond donors (Lipinski definition) is 2. The normalized spacial score (nSPS) is 16.2. The lowest BCUT2D eigenvalue weighted by molar-refractivity contribution is -0.122. The third-order valence-corrected chi connectivity index (χ3v) is 3.54. The van der Waals surface area contributed by atoms with Crippen LogP contribution in [0.4, 0.5) is 0 Å². The second-order valence-electron chi connectivity index (χ2n) is 4.87. The quantitative estimate of drug-likeness (QED) is 0.777. The molecule has 0 unspecified atom stereocenters. The monoisotopic (exact) mass is 279 g/mol. The van der Waals surface area contributed by atoms with Gasteiger partial charge in [-0.1, -0.05) is 6.92 Å². The average molecular weight is 279 g/mol. The van der Waals surface area contributed by atoms with E-state index in [2.05, 4.69) is 15.5 Å². The number of nitrogens with zero attached hydrogens (tertiary/aromatic N) is 3. The maximum Gasteiger partial charge on any atom is 0.274 e. The molecule has 1 aromatic heterocycles. The number of amides is 2. The standard InChI is InChI=1S/C13H21N5O2/c1-3-10-8-11(16-15-10)13(20)18-6-4-17(5-7-18)9-12(19)14-2/h8H,3-7,9H2,1-2H3,(H,14,19)(H,15,16). The minimum absolute atomic E-state index is 0.00432. The summed E-state index contributed by atoms with van der Waals surface area (Å²) >= 11 is 0. The number of aromatic nitrogens is 2. The molecule has 0 saturated carbocycles. The first-order valence-corrected chi connectivity index (χ1v) is 6.90. The number of carbonyl (C=O) groups excluding carboxylic acids is 2. The molecule has 1 aliphatic rings. The second-order valence-corrected chi connectivity index (χ2v) is 4.87. The van der Waals surface area contributed by atoms with E-state index in [4.69, 9.17) is 0 Å². The van der Waals surface area contributed by atoms with Gasteiger partial charge in [0.05, 0.1) is 6.54 Å². The van der Waals surface area contributed by atoms with Crippen molar-refractivity contribution in [1.29, 1.82) is 0 Å². The highest BCUT2D eigenvalue weighted by Crippen LogP contribution is 2.08. The Labute approximate surface area is 118 Å². The topological polar surface area (TPSA) is 81.3 Å². The number of nitrogens with one attached hydrogen (secondary N) is 2. The van der Waals surface area contributed by atoms with Gasteiger partial charge in [-0.25, -0.2) is 0 Å². The van der Waals surface area contributed by atoms with Crippen molar-refractivity contribution < 1.29 is 9.59 Å². The van der Waals surface area contributed by atoms with E-state index in [9.17, 15) is 9.59 Å². The van der Waals surface area contributed by atoms with Crippen molar-refractivity contribution in [3.63, 3.8) is 0 Å². The molecule has 1 fully saturated rings. The summed E-state index contributed by atoms with van der Waals surface area (Å²) in [6, 6.07) is 1.80. The summed E-state index contributed by atoms with van der Waals surface area (Å²) in [7, 11) is 1.63. The Morgan fingerprint density at radius 2 is 2.05 bits per heavy atom. The fourth-order valence-electron chi connectivity index (χ4n) is 2.21. The van der Waals surface area contributed by atoms with E-state index < -0.39 is 0 Å². The molecule has 7 nitrogen and oxygen atoms in total. The van der Waals surface area contributed by atoms with Crippen LogP contribution < -0.4 is 5.32 Å². The van der Waals surface area contributed by atoms with E-state index in [1.165, 1.54) is 0 Å². The zero-order valence-corrected chi connectivity index (χ0v) is 12.0. The lowest BCUT2D eigenvalue weighted by atomic mass is 10.2. The summed E-state index contributed by atoms with van der Waals surface area (Å²) in [5, 5.41) is 9.51. The molecule has 2 amide bonds. The highest BCUT2D eigenvalue weighted by Gasteiger charge is 2.24. The van der Waals surface area contributed by atoms with Gasteiger partial charge in [0.1, 0.15) is 5.69 Å². The highest BCUT2D eigenvalue weighted by atomic mass is 16.2. The van der Waals surface area contributed by atoms with E-state index in [0.717, 1.165) is 12.1 Å². The van der Waals surface area contributed by atoms with Crippen molar-refractivity contribution in [1.82, 2.24) is 25.3 Å². The van der Waals surface area contributed by atoms with Crippen molar-refractivity contribution in [2.75, 3.05) is 39.8 Å². The van der Waals surface area contributed by atoms with E-state index in [0.29, 0.717) is 38.4 Å². The largest absolute Gasteiger partial charge is 0.358 e. The van der Waals surface area contributed by atoms with Gasteiger partial charge in [-0.15, -0.1) is 0 Å². The molecule has 0 radical (unpaired) electrons. The molecule has 0 aliphatic carbocycles. The minimum Gasteiger partial charge on any atom is -0.358 e. The Morgan fingerprint density at radius 1 is 1.35 bits per heavy atom. The number of piperazine rings is 1. The number of rotatable bonds is 4. The van der Waals surface area contributed by atoms with Gasteiger partial charge in [0.15, 0.2) is 0 Å². The van der Waals surface area contributed by atoms with Crippen molar-refractivity contribution in [3.05, 3.63) is 17.5 Å². The number of aryl methyl sites for hydroxylation is 1. The van der Waals surface area contributed by atoms with Crippen LogP contribution in [-0.2, 0) is 11.2 Å². The molecule has 2 rings (SSSR count). The molecular weight excluding hydrogens is 258 g/mol. The summed E-state index contributed by atoms with van der Waals surface area (Å²) in [6.07, 6.45) is 0.834. The molecule has 20 heavy (non-hydrogen) atoms. The van der Waals surface area contributed by atoms with Crippen molar-refractivity contribution in [2.45, 2.75) is 13.3 Å². The van der Waals surface area contributed by atoms with Crippen LogP contribution in [0, 0.1) is 0 Å². The summed E-state index contributed by atoms with van der Waals surface area (Å²) in [6.45, 7) is 5.09. The van der Waals surface area contributed by atoms with Gasteiger partial charge in [-0.05, 0) is 12.5 Å². The summed E-state index contributed by atoms with van der Waals surface area (Å²) in [5.41, 5.74) is 1.44. The van der Waals surface area contributed by atoms with Crippen LogP contribution in [0.25, 0.3) is 0 Å². The first-order valence-electron chi connectivity index (χ1n) is 6.90. The Morgan fingerprint density at radius 3 is 2.60 bits per heavy atom. The Hall–Kier alpha value is -1.89. The lowest BCUT2D eigenvalue weighted by Crippen LogP contribution is -2.50. The lowest BCUT2D eigenvalue weighted by Gasteiger charge is -2.33. The third kappa shape index (κ3) is 3.36. The van der Waals surface area contributed by atoms with E-state index >= 15 is 0 Å². The Kier molecular flexibility index (Phi) is 4.73. The minimum atomic E-state index is -0.0412. The van der Waals surface area contributed by atoms with E-state index in [-0.39, 0.29) is 11.8 Å². The number of aromatic amines is 1. The maximum absolute atomic E-state index is 12.3. The van der Waals surface area contributed by atoms with Crippen molar-refractivity contribution >= 4 is 11.8 Å². The molecule has 1 aliphatic heterocycles. The summed E-state index contributed by atoms with van der Waals surface area (Å²) < 4.78 is 0. The van der Waals surface area contributed by atoms with Gasteiger partial charge in [0.2, 0.25) is 5.91 Å². The van der Waals surface area contributed by atoms with Gasteiger partial charge in [-0.2, -0.15) is 5.10 Å². The second kappa shape index (κ2) is 6.51. The maximum atomic E-state index is 12.3. The first-order chi connectivity index (χ1) is 9.63. The van der Waals surface area contributed by atoms with Gasteiger partial charge >= 0.3 is 0 Å². The van der Waals surface area contributed by atoms with Crippen LogP contribution in [-0.4, -0.2) is 71.6 Å². The van der Waals surface area contributed by atoms with Gasteiger partial charge in [-0.3, -0.25) is 19.6 Å². The molecule has 0 bridgehead atoms.